The molecule has 0 spiro atoms. The van der Waals surface area contributed by atoms with Gasteiger partial charge in [-0.05, 0) is 36.4 Å². The highest BCUT2D eigenvalue weighted by atomic mass is 79.9. The van der Waals surface area contributed by atoms with Gasteiger partial charge >= 0.3 is 0 Å². The normalized spacial score (nSPS) is 10.4. The molecule has 0 fully saturated rings. The van der Waals surface area contributed by atoms with E-state index in [-0.39, 0.29) is 11.4 Å². The van der Waals surface area contributed by atoms with E-state index >= 15 is 0 Å². The summed E-state index contributed by atoms with van der Waals surface area (Å²) < 4.78 is 27.2. The summed E-state index contributed by atoms with van der Waals surface area (Å²) in [6.07, 6.45) is 0. The molecule has 0 saturated heterocycles. The number of hydrogen-bond acceptors (Lipinski definition) is 3. The summed E-state index contributed by atoms with van der Waals surface area (Å²) >= 11 is 4.22. The van der Waals surface area contributed by atoms with Gasteiger partial charge in [0.15, 0.2) is 0 Å². The molecule has 2 aromatic rings. The lowest BCUT2D eigenvalue weighted by Gasteiger charge is -2.08. The Bertz CT molecular complexity index is 682. The van der Waals surface area contributed by atoms with Crippen LogP contribution >= 0.6 is 27.7 Å². The van der Waals surface area contributed by atoms with Crippen LogP contribution in [-0.2, 0) is 4.79 Å². The topological polar surface area (TPSA) is 55.1 Å². The van der Waals surface area contributed by atoms with Crippen molar-refractivity contribution in [1.29, 1.82) is 0 Å². The third-order valence-corrected chi connectivity index (χ3v) is 4.10. The zero-order chi connectivity index (χ0) is 15.4. The standard InChI is InChI=1S/C14H11BrF2N2OS/c15-8-1-4-12(10(17)5-8)19-14(20)7-21-13-6-9(16)2-3-11(13)18/h1-6H,7,18H2,(H,19,20). The molecule has 0 heterocycles. The van der Waals surface area contributed by atoms with Gasteiger partial charge in [-0.2, -0.15) is 0 Å². The number of nitrogens with two attached hydrogens (primary N) is 1. The summed E-state index contributed by atoms with van der Waals surface area (Å²) in [6, 6.07) is 8.27. The highest BCUT2D eigenvalue weighted by Gasteiger charge is 2.09. The average molecular weight is 373 g/mol. The van der Waals surface area contributed by atoms with Gasteiger partial charge in [-0.1, -0.05) is 15.9 Å². The van der Waals surface area contributed by atoms with Crippen molar-refractivity contribution in [3.63, 3.8) is 0 Å². The van der Waals surface area contributed by atoms with E-state index in [9.17, 15) is 13.6 Å². The molecule has 2 aromatic carbocycles. The zero-order valence-corrected chi connectivity index (χ0v) is 13.1. The van der Waals surface area contributed by atoms with Crippen molar-refractivity contribution in [3.8, 4) is 0 Å². The highest BCUT2D eigenvalue weighted by Crippen LogP contribution is 2.26. The van der Waals surface area contributed by atoms with Crippen LogP contribution in [-0.4, -0.2) is 11.7 Å². The van der Waals surface area contributed by atoms with Gasteiger partial charge in [-0.25, -0.2) is 8.78 Å². The van der Waals surface area contributed by atoms with Crippen LogP contribution in [0, 0.1) is 11.6 Å². The Balaban J connectivity index is 1.97. The van der Waals surface area contributed by atoms with Gasteiger partial charge in [-0.15, -0.1) is 11.8 Å². The number of amides is 1. The Morgan fingerprint density at radius 1 is 1.24 bits per heavy atom. The number of carbonyl (C=O) groups excluding carboxylic acids is 1. The molecular weight excluding hydrogens is 362 g/mol. The van der Waals surface area contributed by atoms with Crippen molar-refractivity contribution in [1.82, 2.24) is 0 Å². The fourth-order valence-electron chi connectivity index (χ4n) is 1.55. The predicted molar refractivity (Wildman–Crippen MR) is 84.3 cm³/mol. The summed E-state index contributed by atoms with van der Waals surface area (Å²) in [4.78, 5) is 12.2. The van der Waals surface area contributed by atoms with Gasteiger partial charge in [0.2, 0.25) is 5.91 Å². The van der Waals surface area contributed by atoms with Crippen LogP contribution in [0.25, 0.3) is 0 Å². The number of nitrogen functional groups attached to an aromatic ring is 1. The first kappa shape index (κ1) is 15.8. The van der Waals surface area contributed by atoms with Crippen LogP contribution in [0.15, 0.2) is 45.8 Å². The summed E-state index contributed by atoms with van der Waals surface area (Å²) in [7, 11) is 0. The molecule has 2 rings (SSSR count). The van der Waals surface area contributed by atoms with Crippen LogP contribution in [0.3, 0.4) is 0 Å². The number of hydrogen-bond donors (Lipinski definition) is 2. The number of anilines is 2. The summed E-state index contributed by atoms with van der Waals surface area (Å²) in [5.41, 5.74) is 6.17. The van der Waals surface area contributed by atoms with Crippen molar-refractivity contribution < 1.29 is 13.6 Å². The minimum absolute atomic E-state index is 0.00313. The Morgan fingerprint density at radius 2 is 2.00 bits per heavy atom. The SMILES string of the molecule is Nc1ccc(F)cc1SCC(=O)Nc1ccc(Br)cc1F. The number of rotatable bonds is 4. The lowest BCUT2D eigenvalue weighted by molar-refractivity contribution is -0.113. The van der Waals surface area contributed by atoms with Crippen LogP contribution in [0.2, 0.25) is 0 Å². The molecular formula is C14H11BrF2N2OS. The maximum Gasteiger partial charge on any atom is 0.234 e. The van der Waals surface area contributed by atoms with E-state index in [0.29, 0.717) is 15.1 Å². The second-order valence-corrected chi connectivity index (χ2v) is 6.08. The monoisotopic (exact) mass is 372 g/mol. The highest BCUT2D eigenvalue weighted by molar-refractivity contribution is 9.10. The minimum atomic E-state index is -0.534. The number of benzene rings is 2. The van der Waals surface area contributed by atoms with E-state index in [1.807, 2.05) is 0 Å². The lowest BCUT2D eigenvalue weighted by Crippen LogP contribution is -2.15. The van der Waals surface area contributed by atoms with Gasteiger partial charge in [0.05, 0.1) is 11.4 Å². The van der Waals surface area contributed by atoms with Crippen LogP contribution in [0.5, 0.6) is 0 Å². The Morgan fingerprint density at radius 3 is 2.71 bits per heavy atom. The minimum Gasteiger partial charge on any atom is -0.398 e. The molecule has 3 N–H and O–H groups in total. The molecule has 3 nitrogen and oxygen atoms in total. The molecule has 0 aliphatic carbocycles. The van der Waals surface area contributed by atoms with E-state index in [1.54, 1.807) is 6.07 Å². The first-order chi connectivity index (χ1) is 9.95. The average Bonchev–Trinajstić information content (AvgIpc) is 2.43. The second-order valence-electron chi connectivity index (χ2n) is 4.14. The van der Waals surface area contributed by atoms with Crippen molar-refractivity contribution in [2.75, 3.05) is 16.8 Å². The number of carbonyl (C=O) groups is 1. The van der Waals surface area contributed by atoms with Crippen molar-refractivity contribution >= 4 is 45.0 Å². The quantitative estimate of drug-likeness (QED) is 0.628. The van der Waals surface area contributed by atoms with Crippen molar-refractivity contribution in [2.24, 2.45) is 0 Å². The second kappa shape index (κ2) is 6.91. The molecule has 7 heteroatoms. The smallest absolute Gasteiger partial charge is 0.234 e. The number of thioether (sulfide) groups is 1. The maximum atomic E-state index is 13.6. The molecule has 0 radical (unpaired) electrons. The van der Waals surface area contributed by atoms with Crippen LogP contribution < -0.4 is 11.1 Å². The van der Waals surface area contributed by atoms with Crippen LogP contribution in [0.1, 0.15) is 0 Å². The third-order valence-electron chi connectivity index (χ3n) is 2.54. The molecule has 21 heavy (non-hydrogen) atoms. The zero-order valence-electron chi connectivity index (χ0n) is 10.7. The molecule has 0 aliphatic heterocycles. The lowest BCUT2D eigenvalue weighted by atomic mass is 10.3. The van der Waals surface area contributed by atoms with Crippen LogP contribution in [0.4, 0.5) is 20.2 Å². The summed E-state index contributed by atoms with van der Waals surface area (Å²) in [5.74, 6) is -1.35. The Hall–Kier alpha value is -1.60. The molecule has 0 unspecified atom stereocenters. The van der Waals surface area contributed by atoms with Gasteiger partial charge in [0.25, 0.3) is 0 Å². The third kappa shape index (κ3) is 4.44. The molecule has 0 aromatic heterocycles. The summed E-state index contributed by atoms with van der Waals surface area (Å²) in [5, 5.41) is 2.45. The Kier molecular flexibility index (Phi) is 5.19. The molecule has 110 valence electrons. The van der Waals surface area contributed by atoms with Gasteiger partial charge in [0.1, 0.15) is 11.6 Å². The maximum absolute atomic E-state index is 13.6. The van der Waals surface area contributed by atoms with Crippen molar-refractivity contribution in [2.45, 2.75) is 4.90 Å². The summed E-state index contributed by atoms with van der Waals surface area (Å²) in [6.45, 7) is 0. The van der Waals surface area contributed by atoms with Gasteiger partial charge in [-0.3, -0.25) is 4.79 Å². The molecule has 0 aliphatic rings. The molecule has 0 bridgehead atoms. The van der Waals surface area contributed by atoms with E-state index in [2.05, 4.69) is 21.2 Å². The van der Waals surface area contributed by atoms with E-state index in [0.717, 1.165) is 11.8 Å². The van der Waals surface area contributed by atoms with Crippen molar-refractivity contribution in [3.05, 3.63) is 52.5 Å². The molecule has 0 saturated carbocycles. The van der Waals surface area contributed by atoms with Gasteiger partial charge in [0, 0.05) is 15.1 Å². The number of halogens is 3. The Labute approximate surface area is 133 Å². The molecule has 0 atom stereocenters. The number of nitrogens with one attached hydrogen (secondary N) is 1. The largest absolute Gasteiger partial charge is 0.398 e. The predicted octanol–water partition coefficient (Wildman–Crippen LogP) is 4.04. The van der Waals surface area contributed by atoms with E-state index in [4.69, 9.17) is 5.73 Å². The fourth-order valence-corrected chi connectivity index (χ4v) is 2.68. The first-order valence-electron chi connectivity index (χ1n) is 5.88. The first-order valence-corrected chi connectivity index (χ1v) is 7.66. The fraction of sp³-hybridized carbons (Fsp3) is 0.0714. The van der Waals surface area contributed by atoms with E-state index in [1.165, 1.54) is 30.3 Å². The van der Waals surface area contributed by atoms with Gasteiger partial charge < -0.3 is 11.1 Å². The van der Waals surface area contributed by atoms with E-state index < -0.39 is 17.5 Å². The molecule has 1 amide bonds.